The van der Waals surface area contributed by atoms with Crippen LogP contribution in [0.2, 0.25) is 0 Å². The predicted molar refractivity (Wildman–Crippen MR) is 343 cm³/mol. The molecule has 0 radical (unpaired) electrons. The largest absolute Gasteiger partial charge is 0.474 e. The predicted octanol–water partition coefficient (Wildman–Crippen LogP) is 14.6. The van der Waals surface area contributed by atoms with Gasteiger partial charge in [0.2, 0.25) is 34.4 Å². The lowest BCUT2D eigenvalue weighted by atomic mass is 9.94. The molecule has 3 aliphatic heterocycles. The Balaban J connectivity index is 0.000000165. The molecule has 0 spiro atoms. The lowest BCUT2D eigenvalue weighted by molar-refractivity contribution is -0.277. The number of aryl methyl sites for hydroxylation is 3. The van der Waals surface area contributed by atoms with E-state index in [-0.39, 0.29) is 124 Å². The van der Waals surface area contributed by atoms with Crippen molar-refractivity contribution >= 4 is 17.1 Å². The fraction of sp³-hybridized carbons (Fsp3) is 0.435. The summed E-state index contributed by atoms with van der Waals surface area (Å²) in [6.07, 6.45) is -12.2. The minimum atomic E-state index is -5.01. The van der Waals surface area contributed by atoms with Crippen LogP contribution >= 0.6 is 0 Å². The second kappa shape index (κ2) is 30.9. The van der Waals surface area contributed by atoms with E-state index in [0.717, 1.165) is 16.7 Å². The zero-order chi connectivity index (χ0) is 73.5. The fourth-order valence-corrected chi connectivity index (χ4v) is 11.8. The van der Waals surface area contributed by atoms with Gasteiger partial charge >= 0.3 is 18.5 Å². The van der Waals surface area contributed by atoms with Gasteiger partial charge in [0.1, 0.15) is 35.8 Å². The number of nitrogen functional groups attached to an aromatic ring is 3. The molecule has 102 heavy (non-hydrogen) atoms. The van der Waals surface area contributed by atoms with Crippen molar-refractivity contribution in [3.8, 4) is 52.4 Å². The number of ether oxygens (including phenoxy) is 3. The summed E-state index contributed by atoms with van der Waals surface area (Å²) in [5.41, 5.74) is 12.8. The van der Waals surface area contributed by atoms with Crippen LogP contribution in [-0.4, -0.2) is 97.7 Å². The van der Waals surface area contributed by atoms with Gasteiger partial charge in [-0.1, -0.05) is 55.7 Å². The smallest absolute Gasteiger partial charge is 0.426 e. The van der Waals surface area contributed by atoms with Gasteiger partial charge in [0, 0.05) is 36.0 Å². The maximum absolute atomic E-state index is 13.8. The molecule has 12 rings (SSSR count). The number of halogens is 12. The van der Waals surface area contributed by atoms with Crippen molar-refractivity contribution in [2.24, 2.45) is 0 Å². The number of aromatic nitrogens is 9. The first-order chi connectivity index (χ1) is 48.2. The molecule has 0 saturated heterocycles. The Morgan fingerprint density at radius 2 is 0.627 bits per heavy atom. The molecule has 0 amide bonds. The summed E-state index contributed by atoms with van der Waals surface area (Å²) in [4.78, 5) is 13.1. The van der Waals surface area contributed by atoms with Crippen LogP contribution in [0.3, 0.4) is 0 Å². The van der Waals surface area contributed by atoms with Crippen molar-refractivity contribution in [1.82, 2.24) is 45.5 Å². The summed E-state index contributed by atoms with van der Waals surface area (Å²) in [5.74, 6) is -4.32. The van der Waals surface area contributed by atoms with Crippen LogP contribution in [0.5, 0.6) is 17.6 Å². The molecule has 6 atom stereocenters. The topological polar surface area (TPSA) is 322 Å². The molecule has 9 heterocycles. The molecule has 0 saturated carbocycles. The van der Waals surface area contributed by atoms with Gasteiger partial charge in [0.05, 0.1) is 17.1 Å². The van der Waals surface area contributed by atoms with E-state index < -0.39 is 72.3 Å². The first-order valence-corrected chi connectivity index (χ1v) is 32.6. The van der Waals surface area contributed by atoms with Crippen molar-refractivity contribution < 1.29 is 95.5 Å². The molecule has 9 N–H and O–H groups in total. The van der Waals surface area contributed by atoms with Gasteiger partial charge in [0.25, 0.3) is 35.3 Å². The Bertz CT molecular complexity index is 3880. The average molecular weight is 1440 g/mol. The summed E-state index contributed by atoms with van der Waals surface area (Å²) < 4.78 is 198. The van der Waals surface area contributed by atoms with Crippen LogP contribution in [0, 0.1) is 38.2 Å². The molecule has 12 bridgehead atoms. The highest BCUT2D eigenvalue weighted by Crippen LogP contribution is 2.47. The van der Waals surface area contributed by atoms with Crippen molar-refractivity contribution in [2.45, 2.75) is 190 Å². The lowest BCUT2D eigenvalue weighted by Crippen LogP contribution is -2.42. The summed E-state index contributed by atoms with van der Waals surface area (Å²) >= 11 is 0. The number of benzene rings is 3. The van der Waals surface area contributed by atoms with Crippen LogP contribution in [0.1, 0.15) is 147 Å². The fourth-order valence-electron chi connectivity index (χ4n) is 11.8. The molecular weight excluding hydrogens is 1370 g/mol. The van der Waals surface area contributed by atoms with Crippen LogP contribution in [0.15, 0.2) is 104 Å². The summed E-state index contributed by atoms with van der Waals surface area (Å²) in [6.45, 7) is 5.21. The molecule has 33 heteroatoms. The van der Waals surface area contributed by atoms with Crippen LogP contribution in [0.4, 0.5) is 69.7 Å². The summed E-state index contributed by atoms with van der Waals surface area (Å²) in [6, 6.07) is 22.7. The SMILES string of the molecule is Cc1cc(N)c2nc1OC(Cc1ccc(F)cc1)CCCCC[C@](O)(C(F)(F)F)c1nnc-2o1.Cc1cc(N)c2nc1OC(Cc1ccc(F)cc1)CCCCC[C@](O)(C(F)(F)F)c1nnc-2o1.Cc1cc(N)c2nc1OC(Cc1ccc(F)cc1)CCCCC[C@](O)(C(F)(F)F)c1nnc-2o1. The normalized spacial score (nSPS) is 21.5. The number of hydrogen-bond acceptors (Lipinski definition) is 21. The Labute approximate surface area is 575 Å². The minimum Gasteiger partial charge on any atom is -0.474 e. The molecule has 3 aliphatic rings. The van der Waals surface area contributed by atoms with E-state index in [4.69, 9.17) is 44.7 Å². The molecule has 3 unspecified atom stereocenters. The second-order valence-corrected chi connectivity index (χ2v) is 25.5. The van der Waals surface area contributed by atoms with Gasteiger partial charge < -0.3 is 60.0 Å². The number of pyridine rings is 3. The maximum Gasteiger partial charge on any atom is 0.426 e. The van der Waals surface area contributed by atoms with Crippen molar-refractivity contribution in [3.63, 3.8) is 0 Å². The van der Waals surface area contributed by atoms with E-state index in [1.165, 1.54) is 36.4 Å². The minimum absolute atomic E-state index is 0.0403. The molecule has 9 aromatic rings. The van der Waals surface area contributed by atoms with Crippen LogP contribution in [-0.2, 0) is 36.1 Å². The maximum atomic E-state index is 13.8. The van der Waals surface area contributed by atoms with E-state index in [9.17, 15) is 68.0 Å². The van der Waals surface area contributed by atoms with E-state index in [0.29, 0.717) is 93.7 Å². The number of alkyl halides is 9. The standard InChI is InChI=1S/3C23H24F4N4O3/c3*1-13-11-17(28)18-20-30-31-21(34-20)22(32,23(25,26)27)10-4-2-3-5-16(33-19(13)29-18)12-14-6-8-15(24)9-7-14/h3*6-9,11,16,32H,2-5,10,12,28H2,1H3/t3*16?,22-/m111/s1. The third kappa shape index (κ3) is 17.5. The number of fused-ring (bicyclic) bond motifs is 15. The van der Waals surface area contributed by atoms with Gasteiger partial charge in [-0.05, 0) is 169 Å². The van der Waals surface area contributed by atoms with E-state index >= 15 is 0 Å². The molecular formula is C69H72F12N12O9. The number of nitrogens with zero attached hydrogens (tertiary/aromatic N) is 9. The van der Waals surface area contributed by atoms with Crippen molar-refractivity contribution in [3.05, 3.63) is 160 Å². The Morgan fingerprint density at radius 3 is 0.863 bits per heavy atom. The third-order valence-electron chi connectivity index (χ3n) is 17.6. The van der Waals surface area contributed by atoms with Gasteiger partial charge in [-0.15, -0.1) is 30.6 Å². The molecule has 0 fully saturated rings. The molecule has 546 valence electrons. The van der Waals surface area contributed by atoms with Crippen LogP contribution < -0.4 is 31.4 Å². The average Bonchev–Trinajstić information content (AvgIpc) is 1.64. The lowest BCUT2D eigenvalue weighted by Gasteiger charge is -2.27. The number of aliphatic hydroxyl groups is 3. The Kier molecular flexibility index (Phi) is 22.7. The third-order valence-corrected chi connectivity index (χ3v) is 17.6. The van der Waals surface area contributed by atoms with Gasteiger partial charge in [0.15, 0.2) is 17.1 Å². The van der Waals surface area contributed by atoms with Crippen molar-refractivity contribution in [2.75, 3.05) is 17.2 Å². The molecule has 3 aromatic carbocycles. The number of hydrogen-bond donors (Lipinski definition) is 6. The zero-order valence-electron chi connectivity index (χ0n) is 55.2. The number of nitrogens with two attached hydrogens (primary N) is 3. The molecule has 21 nitrogen and oxygen atoms in total. The highest BCUT2D eigenvalue weighted by molar-refractivity contribution is 5.70. The van der Waals surface area contributed by atoms with Gasteiger partial charge in [-0.25, -0.2) is 28.1 Å². The first-order valence-electron chi connectivity index (χ1n) is 32.6. The van der Waals surface area contributed by atoms with Crippen LogP contribution in [0.25, 0.3) is 34.8 Å². The number of rotatable bonds is 6. The summed E-state index contributed by atoms with van der Waals surface area (Å²) in [7, 11) is 0. The highest BCUT2D eigenvalue weighted by atomic mass is 19.4. The zero-order valence-corrected chi connectivity index (χ0v) is 55.2. The monoisotopic (exact) mass is 1440 g/mol. The first kappa shape index (κ1) is 75.0. The van der Waals surface area contributed by atoms with E-state index in [1.807, 2.05) is 0 Å². The molecule has 6 aromatic heterocycles. The van der Waals surface area contributed by atoms with Gasteiger partial charge in [-0.3, -0.25) is 0 Å². The van der Waals surface area contributed by atoms with Crippen molar-refractivity contribution in [1.29, 1.82) is 0 Å². The Hall–Kier alpha value is -9.63. The van der Waals surface area contributed by atoms with Gasteiger partial charge in [-0.2, -0.15) is 39.5 Å². The second-order valence-electron chi connectivity index (χ2n) is 25.5. The quantitative estimate of drug-likeness (QED) is 0.0842. The van der Waals surface area contributed by atoms with E-state index in [2.05, 4.69) is 45.5 Å². The highest BCUT2D eigenvalue weighted by Gasteiger charge is 2.61. The molecule has 0 aliphatic carbocycles. The Morgan fingerprint density at radius 1 is 0.382 bits per heavy atom. The van der Waals surface area contributed by atoms with E-state index in [1.54, 1.807) is 75.4 Å². The number of anilines is 3. The summed E-state index contributed by atoms with van der Waals surface area (Å²) in [5, 5.41) is 52.9.